The largest absolute Gasteiger partial charge is 0.487 e. The van der Waals surface area contributed by atoms with Crippen molar-refractivity contribution in [3.05, 3.63) is 74.8 Å². The molecule has 0 atom stereocenters. The molecule has 4 rings (SSSR count). The second kappa shape index (κ2) is 7.47. The number of carboxylic acids is 1. The highest BCUT2D eigenvalue weighted by Gasteiger charge is 2.19. The Morgan fingerprint density at radius 2 is 1.96 bits per heavy atom. The molecular formula is C20H14Cl2N2O3S. The van der Waals surface area contributed by atoms with Crippen molar-refractivity contribution in [2.75, 3.05) is 0 Å². The molecule has 0 saturated carbocycles. The summed E-state index contributed by atoms with van der Waals surface area (Å²) in [5.74, 6) is -0.723. The first-order valence-electron chi connectivity index (χ1n) is 8.31. The summed E-state index contributed by atoms with van der Waals surface area (Å²) in [5, 5.41) is 11.1. The van der Waals surface area contributed by atoms with Crippen LogP contribution in [0.3, 0.4) is 0 Å². The highest BCUT2D eigenvalue weighted by atomic mass is 35.5. The van der Waals surface area contributed by atoms with E-state index in [4.69, 9.17) is 27.9 Å². The lowest BCUT2D eigenvalue weighted by Gasteiger charge is -2.07. The van der Waals surface area contributed by atoms with Crippen molar-refractivity contribution in [2.24, 2.45) is 0 Å². The summed E-state index contributed by atoms with van der Waals surface area (Å²) in [6.45, 7) is 2.28. The summed E-state index contributed by atoms with van der Waals surface area (Å²) in [7, 11) is 0. The number of imidazole rings is 1. The fourth-order valence-corrected chi connectivity index (χ4v) is 4.08. The SMILES string of the molecule is Cc1ccccc1COc1cc(-n2cnc3cc(Cl)c(Cl)cc32)sc1C(=O)O. The molecule has 0 radical (unpaired) electrons. The number of benzene rings is 2. The second-order valence-corrected chi connectivity index (χ2v) is 8.01. The van der Waals surface area contributed by atoms with Crippen molar-refractivity contribution in [2.45, 2.75) is 13.5 Å². The maximum absolute atomic E-state index is 11.7. The molecule has 5 nitrogen and oxygen atoms in total. The summed E-state index contributed by atoms with van der Waals surface area (Å²) < 4.78 is 7.62. The normalized spacial score (nSPS) is 11.1. The average molecular weight is 433 g/mol. The molecule has 2 heterocycles. The van der Waals surface area contributed by atoms with Gasteiger partial charge in [0.1, 0.15) is 23.7 Å². The first-order chi connectivity index (χ1) is 13.4. The van der Waals surface area contributed by atoms with E-state index in [2.05, 4.69) is 4.98 Å². The van der Waals surface area contributed by atoms with Crippen LogP contribution >= 0.6 is 34.5 Å². The summed E-state index contributed by atoms with van der Waals surface area (Å²) in [4.78, 5) is 16.2. The lowest BCUT2D eigenvalue weighted by molar-refractivity contribution is 0.0697. The number of thiophene rings is 1. The van der Waals surface area contributed by atoms with Gasteiger partial charge in [-0.1, -0.05) is 47.5 Å². The molecule has 1 N–H and O–H groups in total. The number of fused-ring (bicyclic) bond motifs is 1. The topological polar surface area (TPSA) is 64.4 Å². The average Bonchev–Trinajstić information content (AvgIpc) is 3.25. The van der Waals surface area contributed by atoms with Crippen molar-refractivity contribution >= 4 is 51.5 Å². The smallest absolute Gasteiger partial charge is 0.349 e. The van der Waals surface area contributed by atoms with Crippen molar-refractivity contribution < 1.29 is 14.6 Å². The monoisotopic (exact) mass is 432 g/mol. The Balaban J connectivity index is 1.72. The Morgan fingerprint density at radius 1 is 1.21 bits per heavy atom. The highest BCUT2D eigenvalue weighted by Crippen LogP contribution is 2.36. The van der Waals surface area contributed by atoms with E-state index in [1.165, 1.54) is 0 Å². The van der Waals surface area contributed by atoms with E-state index in [1.807, 2.05) is 31.2 Å². The fraction of sp³-hybridized carbons (Fsp3) is 0.100. The van der Waals surface area contributed by atoms with Gasteiger partial charge in [0.05, 0.1) is 21.1 Å². The van der Waals surface area contributed by atoms with Crippen LogP contribution in [0.4, 0.5) is 0 Å². The Bertz CT molecular complexity index is 1200. The zero-order chi connectivity index (χ0) is 19.8. The van der Waals surface area contributed by atoms with E-state index in [0.717, 1.165) is 28.0 Å². The van der Waals surface area contributed by atoms with Crippen LogP contribution < -0.4 is 4.74 Å². The van der Waals surface area contributed by atoms with E-state index < -0.39 is 5.97 Å². The molecule has 8 heteroatoms. The number of hydrogen-bond donors (Lipinski definition) is 1. The maximum atomic E-state index is 11.7. The zero-order valence-electron chi connectivity index (χ0n) is 14.6. The van der Waals surface area contributed by atoms with Gasteiger partial charge in [-0.3, -0.25) is 4.57 Å². The third kappa shape index (κ3) is 3.46. The van der Waals surface area contributed by atoms with Crippen molar-refractivity contribution in [1.82, 2.24) is 9.55 Å². The lowest BCUT2D eigenvalue weighted by atomic mass is 10.1. The van der Waals surface area contributed by atoms with E-state index in [9.17, 15) is 9.90 Å². The molecule has 0 aliphatic heterocycles. The van der Waals surface area contributed by atoms with Gasteiger partial charge in [-0.05, 0) is 30.2 Å². The van der Waals surface area contributed by atoms with Crippen LogP contribution in [0.25, 0.3) is 16.0 Å². The van der Waals surface area contributed by atoms with Crippen molar-refractivity contribution in [3.8, 4) is 10.8 Å². The maximum Gasteiger partial charge on any atom is 0.349 e. The quantitative estimate of drug-likeness (QED) is 0.421. The van der Waals surface area contributed by atoms with Gasteiger partial charge in [-0.2, -0.15) is 0 Å². The van der Waals surface area contributed by atoms with Crippen LogP contribution in [0.1, 0.15) is 20.8 Å². The minimum Gasteiger partial charge on any atom is -0.487 e. The van der Waals surface area contributed by atoms with Gasteiger partial charge in [-0.25, -0.2) is 9.78 Å². The summed E-state index contributed by atoms with van der Waals surface area (Å²) in [6, 6.07) is 12.9. The first kappa shape index (κ1) is 18.8. The molecule has 142 valence electrons. The molecule has 0 amide bonds. The van der Waals surface area contributed by atoms with Gasteiger partial charge >= 0.3 is 5.97 Å². The Kier molecular flexibility index (Phi) is 5.02. The Morgan fingerprint density at radius 3 is 2.71 bits per heavy atom. The predicted octanol–water partition coefficient (Wildman–Crippen LogP) is 5.98. The molecule has 0 saturated heterocycles. The molecular weight excluding hydrogens is 419 g/mol. The first-order valence-corrected chi connectivity index (χ1v) is 9.88. The number of nitrogens with zero attached hydrogens (tertiary/aromatic N) is 2. The van der Waals surface area contributed by atoms with Gasteiger partial charge in [0.25, 0.3) is 0 Å². The number of aromatic carboxylic acids is 1. The number of halogens is 2. The Hall–Kier alpha value is -2.54. The number of aromatic nitrogens is 2. The van der Waals surface area contributed by atoms with Gasteiger partial charge in [0.15, 0.2) is 4.88 Å². The number of aryl methyl sites for hydroxylation is 1. The summed E-state index contributed by atoms with van der Waals surface area (Å²) >= 11 is 13.3. The van der Waals surface area contributed by atoms with Gasteiger partial charge in [-0.15, -0.1) is 11.3 Å². The van der Waals surface area contributed by atoms with Gasteiger partial charge < -0.3 is 9.84 Å². The number of carboxylic acid groups (broad SMARTS) is 1. The van der Waals surface area contributed by atoms with E-state index in [0.29, 0.717) is 26.3 Å². The molecule has 2 aromatic heterocycles. The molecule has 0 spiro atoms. The van der Waals surface area contributed by atoms with Gasteiger partial charge in [0.2, 0.25) is 0 Å². The van der Waals surface area contributed by atoms with Crippen molar-refractivity contribution in [3.63, 3.8) is 0 Å². The molecule has 0 unspecified atom stereocenters. The van der Waals surface area contributed by atoms with E-state index >= 15 is 0 Å². The molecule has 0 aliphatic rings. The van der Waals surface area contributed by atoms with Crippen LogP contribution in [0.15, 0.2) is 48.8 Å². The standard InChI is InChI=1S/C20H14Cl2N2O3S/c1-11-4-2-3-5-12(11)9-27-17-8-18(28-19(17)20(25)26)24-10-23-15-6-13(21)14(22)7-16(15)24/h2-8,10H,9H2,1H3,(H,25,26). The van der Waals surface area contributed by atoms with Crippen LogP contribution in [-0.4, -0.2) is 20.6 Å². The summed E-state index contributed by atoms with van der Waals surface area (Å²) in [6.07, 6.45) is 1.61. The number of ether oxygens (including phenoxy) is 1. The number of hydrogen-bond acceptors (Lipinski definition) is 4. The Labute approximate surface area is 174 Å². The zero-order valence-corrected chi connectivity index (χ0v) is 17.0. The third-order valence-corrected chi connectivity index (χ3v) is 6.18. The number of rotatable bonds is 5. The van der Waals surface area contributed by atoms with Crippen LogP contribution in [0.5, 0.6) is 5.75 Å². The van der Waals surface area contributed by atoms with Crippen molar-refractivity contribution in [1.29, 1.82) is 0 Å². The van der Waals surface area contributed by atoms with Crippen LogP contribution in [0.2, 0.25) is 10.0 Å². The highest BCUT2D eigenvalue weighted by molar-refractivity contribution is 7.16. The van der Waals surface area contributed by atoms with Gasteiger partial charge in [0, 0.05) is 6.07 Å². The van der Waals surface area contributed by atoms with E-state index in [-0.39, 0.29) is 11.5 Å². The lowest BCUT2D eigenvalue weighted by Crippen LogP contribution is -2.01. The molecule has 0 aliphatic carbocycles. The minimum absolute atomic E-state index is 0.130. The summed E-state index contributed by atoms with van der Waals surface area (Å²) in [5.41, 5.74) is 3.49. The second-order valence-electron chi connectivity index (χ2n) is 6.17. The number of carbonyl (C=O) groups is 1. The van der Waals surface area contributed by atoms with E-state index in [1.54, 1.807) is 29.1 Å². The van der Waals surface area contributed by atoms with Crippen LogP contribution in [-0.2, 0) is 6.61 Å². The molecule has 0 fully saturated rings. The minimum atomic E-state index is -1.04. The third-order valence-electron chi connectivity index (χ3n) is 4.35. The van der Waals surface area contributed by atoms with Crippen LogP contribution in [0, 0.1) is 6.92 Å². The molecule has 0 bridgehead atoms. The fourth-order valence-electron chi connectivity index (χ4n) is 2.84. The molecule has 2 aromatic carbocycles. The molecule has 4 aromatic rings. The molecule has 28 heavy (non-hydrogen) atoms. The predicted molar refractivity (Wildman–Crippen MR) is 111 cm³/mol.